The van der Waals surface area contributed by atoms with Crippen molar-refractivity contribution in [2.75, 3.05) is 25.2 Å². The molecule has 0 aromatic rings. The van der Waals surface area contributed by atoms with Crippen molar-refractivity contribution in [2.24, 2.45) is 22.1 Å². The molecule has 318 valence electrons. The quantitative estimate of drug-likeness (QED) is 0.0359. The largest absolute Gasteiger partial charge is 0.394 e. The van der Waals surface area contributed by atoms with Gasteiger partial charge in [-0.25, -0.2) is 4.36 Å². The summed E-state index contributed by atoms with van der Waals surface area (Å²) in [6.45, 7) is 1.31. The molecule has 0 aromatic carbocycles. The van der Waals surface area contributed by atoms with Crippen LogP contribution >= 0.6 is 0 Å². The molecule has 4 aliphatic rings. The van der Waals surface area contributed by atoms with Gasteiger partial charge in [0.15, 0.2) is 6.29 Å². The lowest BCUT2D eigenvalue weighted by Crippen LogP contribution is -2.59. The first kappa shape index (κ1) is 46.3. The highest BCUT2D eigenvalue weighted by molar-refractivity contribution is 7.92. The van der Waals surface area contributed by atoms with Gasteiger partial charge in [-0.1, -0.05) is 135 Å². The summed E-state index contributed by atoms with van der Waals surface area (Å²) in [7, 11) is -2.74. The van der Waals surface area contributed by atoms with Crippen molar-refractivity contribution < 1.29 is 49.1 Å². The van der Waals surface area contributed by atoms with Gasteiger partial charge in [-0.05, 0) is 43.4 Å². The Morgan fingerprint density at radius 2 is 1.30 bits per heavy atom. The number of ether oxygens (including phenoxy) is 3. The summed E-state index contributed by atoms with van der Waals surface area (Å²) >= 11 is 0. The van der Waals surface area contributed by atoms with Gasteiger partial charge < -0.3 is 44.8 Å². The Balaban J connectivity index is 1.15. The SMILES string of the molecule is CCCCCCCCCCCCCC[C@@H](O)[C@@H](O)[C@H](COC1OC(CO)C(O)C(O)C1O)N=S(C)(=O)CCCCCCCCCC[C@H]1C[C@@H]2C[C@H]1[C@@H]1O[C@H]21. The molecule has 4 fully saturated rings. The molecule has 54 heavy (non-hydrogen) atoms. The monoisotopic (exact) mass is 790 g/mol. The van der Waals surface area contributed by atoms with Gasteiger partial charge in [-0.15, -0.1) is 0 Å². The standard InChI is InChI=1S/C42H79NO10S/c1-3-4-5-6-7-8-9-10-11-15-18-21-24-34(45)36(46)33(29-51-42-39(49)38(48)37(47)35(28-44)52-42)43-54(2,50)25-22-19-16-13-12-14-17-20-23-30-26-31-27-32(30)41-40(31)53-41/h30-42,44-49H,3-29H2,1-2H3/t30-,31+,32+,33-,34+,35?,36-,37?,38?,39?,40+,41-,42?,54?/m0/s1. The maximum Gasteiger partial charge on any atom is 0.186 e. The van der Waals surface area contributed by atoms with Crippen LogP contribution in [0.2, 0.25) is 0 Å². The molecule has 2 aliphatic heterocycles. The number of hydrogen-bond acceptors (Lipinski definition) is 11. The van der Waals surface area contributed by atoms with Crippen LogP contribution in [0.25, 0.3) is 0 Å². The van der Waals surface area contributed by atoms with Crippen LogP contribution < -0.4 is 0 Å². The minimum Gasteiger partial charge on any atom is -0.394 e. The summed E-state index contributed by atoms with van der Waals surface area (Å²) in [6, 6.07) is -1.07. The number of aliphatic hydroxyl groups excluding tert-OH is 6. The van der Waals surface area contributed by atoms with Gasteiger partial charge in [-0.2, -0.15) is 0 Å². The lowest BCUT2D eigenvalue weighted by Gasteiger charge is -2.40. The van der Waals surface area contributed by atoms with Crippen molar-refractivity contribution in [2.45, 2.75) is 222 Å². The molecule has 0 radical (unpaired) electrons. The van der Waals surface area contributed by atoms with Crippen molar-refractivity contribution in [3.63, 3.8) is 0 Å². The van der Waals surface area contributed by atoms with E-state index in [1.807, 2.05) is 0 Å². The van der Waals surface area contributed by atoms with Crippen LogP contribution in [0.3, 0.4) is 0 Å². The highest BCUT2D eigenvalue weighted by Crippen LogP contribution is 2.59. The van der Waals surface area contributed by atoms with Gasteiger partial charge in [0, 0.05) is 21.7 Å². The molecule has 0 spiro atoms. The van der Waals surface area contributed by atoms with Crippen molar-refractivity contribution in [1.29, 1.82) is 0 Å². The lowest BCUT2D eigenvalue weighted by molar-refractivity contribution is -0.302. The topological polar surface area (TPSA) is 182 Å². The summed E-state index contributed by atoms with van der Waals surface area (Å²) in [4.78, 5) is 0. The van der Waals surface area contributed by atoms with Crippen LogP contribution in [0, 0.1) is 17.8 Å². The summed E-state index contributed by atoms with van der Waals surface area (Å²) in [5.74, 6) is 2.97. The second-order valence-electron chi connectivity index (χ2n) is 17.4. The van der Waals surface area contributed by atoms with E-state index in [4.69, 9.17) is 14.2 Å². The third-order valence-electron chi connectivity index (χ3n) is 12.9. The molecule has 2 heterocycles. The third kappa shape index (κ3) is 15.1. The van der Waals surface area contributed by atoms with E-state index in [1.165, 1.54) is 96.3 Å². The first-order valence-corrected chi connectivity index (χ1v) is 24.3. The molecule has 6 N–H and O–H groups in total. The summed E-state index contributed by atoms with van der Waals surface area (Å²) < 4.78 is 35.3. The molecule has 0 aromatic heterocycles. The van der Waals surface area contributed by atoms with E-state index in [0.29, 0.717) is 24.4 Å². The second-order valence-corrected chi connectivity index (χ2v) is 20.0. The van der Waals surface area contributed by atoms with E-state index in [0.717, 1.165) is 69.1 Å². The highest BCUT2D eigenvalue weighted by Gasteiger charge is 2.62. The van der Waals surface area contributed by atoms with Gasteiger partial charge in [0.25, 0.3) is 0 Å². The summed E-state index contributed by atoms with van der Waals surface area (Å²) in [5, 5.41) is 62.6. The van der Waals surface area contributed by atoms with E-state index in [2.05, 4.69) is 11.3 Å². The van der Waals surface area contributed by atoms with Gasteiger partial charge in [0.05, 0.1) is 31.5 Å². The van der Waals surface area contributed by atoms with Crippen molar-refractivity contribution in [3.05, 3.63) is 0 Å². The predicted molar refractivity (Wildman–Crippen MR) is 212 cm³/mol. The Hall–Kier alpha value is -0.410. The maximum absolute atomic E-state index is 13.7. The number of rotatable bonds is 31. The van der Waals surface area contributed by atoms with Crippen LogP contribution in [-0.4, -0.2) is 121 Å². The van der Waals surface area contributed by atoms with Crippen LogP contribution in [0.15, 0.2) is 4.36 Å². The van der Waals surface area contributed by atoms with Gasteiger partial charge in [-0.3, -0.25) is 4.21 Å². The first-order chi connectivity index (χ1) is 26.1. The molecule has 12 heteroatoms. The number of hydrogen-bond donors (Lipinski definition) is 6. The van der Waals surface area contributed by atoms with E-state index >= 15 is 0 Å². The Morgan fingerprint density at radius 1 is 0.722 bits per heavy atom. The molecular weight excluding hydrogens is 711 g/mol. The van der Waals surface area contributed by atoms with Crippen LogP contribution in [0.4, 0.5) is 0 Å². The van der Waals surface area contributed by atoms with Crippen molar-refractivity contribution in [1.82, 2.24) is 0 Å². The van der Waals surface area contributed by atoms with Crippen molar-refractivity contribution in [3.8, 4) is 0 Å². The second kappa shape index (κ2) is 24.5. The molecule has 11 nitrogen and oxygen atoms in total. The zero-order valence-electron chi connectivity index (χ0n) is 33.8. The van der Waals surface area contributed by atoms with Gasteiger partial charge in [0.2, 0.25) is 0 Å². The number of unbranched alkanes of at least 4 members (excludes halogenated alkanes) is 18. The minimum absolute atomic E-state index is 0.332. The van der Waals surface area contributed by atoms with E-state index in [-0.39, 0.29) is 6.61 Å². The fourth-order valence-corrected chi connectivity index (χ4v) is 11.1. The average molecular weight is 790 g/mol. The van der Waals surface area contributed by atoms with Gasteiger partial charge >= 0.3 is 0 Å². The first-order valence-electron chi connectivity index (χ1n) is 22.2. The van der Waals surface area contributed by atoms with Crippen LogP contribution in [-0.2, 0) is 23.9 Å². The molecule has 4 rings (SSSR count). The van der Waals surface area contributed by atoms with E-state index < -0.39 is 65.3 Å². The lowest BCUT2D eigenvalue weighted by atomic mass is 9.85. The molecule has 2 saturated carbocycles. The third-order valence-corrected chi connectivity index (χ3v) is 14.6. The maximum atomic E-state index is 13.7. The predicted octanol–water partition coefficient (Wildman–Crippen LogP) is 6.02. The highest BCUT2D eigenvalue weighted by atomic mass is 32.2. The molecule has 2 aliphatic carbocycles. The molecule has 6 unspecified atom stereocenters. The molecule has 2 saturated heterocycles. The molecule has 0 amide bonds. The smallest absolute Gasteiger partial charge is 0.186 e. The normalized spacial score (nSPS) is 33.0. The summed E-state index contributed by atoms with van der Waals surface area (Å²) in [6.07, 6.45) is 20.9. The van der Waals surface area contributed by atoms with Crippen LogP contribution in [0.5, 0.6) is 0 Å². The summed E-state index contributed by atoms with van der Waals surface area (Å²) in [5.41, 5.74) is 0. The number of nitrogens with zero attached hydrogens (tertiary/aromatic N) is 1. The number of fused-ring (bicyclic) bond motifs is 5. The van der Waals surface area contributed by atoms with E-state index in [9.17, 15) is 34.8 Å². The number of epoxide rings is 1. The fourth-order valence-electron chi connectivity index (χ4n) is 9.45. The van der Waals surface area contributed by atoms with E-state index in [1.54, 1.807) is 6.26 Å². The van der Waals surface area contributed by atoms with Gasteiger partial charge in [0.1, 0.15) is 36.6 Å². The fraction of sp³-hybridized carbons (Fsp3) is 1.00. The van der Waals surface area contributed by atoms with Crippen LogP contribution in [0.1, 0.15) is 161 Å². The molecule has 14 atom stereocenters. The zero-order chi connectivity index (χ0) is 38.9. The zero-order valence-corrected chi connectivity index (χ0v) is 34.6. The van der Waals surface area contributed by atoms with Crippen molar-refractivity contribution >= 4 is 9.73 Å². The Labute approximate surface area is 327 Å². The Kier molecular flexibility index (Phi) is 21.0. The number of aliphatic hydroxyl groups is 6. The molecule has 2 bridgehead atoms. The average Bonchev–Trinajstić information content (AvgIpc) is 3.76. The molecular formula is C42H79NO10S. The minimum atomic E-state index is -2.74. The Bertz CT molecular complexity index is 1140. The Morgan fingerprint density at radius 3 is 1.87 bits per heavy atom.